The molecule has 0 aliphatic rings. The van der Waals surface area contributed by atoms with E-state index < -0.39 is 43.1 Å². The summed E-state index contributed by atoms with van der Waals surface area (Å²) in [4.78, 5) is 54.4. The molecule has 0 spiro atoms. The van der Waals surface area contributed by atoms with Crippen LogP contribution >= 0.6 is 0 Å². The van der Waals surface area contributed by atoms with E-state index in [9.17, 15) is 19.2 Å². The van der Waals surface area contributed by atoms with Gasteiger partial charge in [-0.3, -0.25) is 0 Å². The van der Waals surface area contributed by atoms with E-state index in [0.717, 1.165) is 64.2 Å². The molecule has 0 aliphatic carbocycles. The number of hydrogen-bond donors (Lipinski definition) is 0. The van der Waals surface area contributed by atoms with Crippen LogP contribution in [0.1, 0.15) is 160 Å². The summed E-state index contributed by atoms with van der Waals surface area (Å²) in [6.45, 7) is 13.1. The molecular formula is C40H60O8Sn. The maximum atomic E-state index is 14.0. The Morgan fingerprint density at radius 2 is 0.837 bits per heavy atom. The van der Waals surface area contributed by atoms with Crippen molar-refractivity contribution in [3.05, 3.63) is 70.8 Å². The molecule has 0 amide bonds. The summed E-state index contributed by atoms with van der Waals surface area (Å²) in [5.74, 6) is -2.02. The molecule has 272 valence electrons. The SMILES string of the molecule is CCCCC(CC)COC(=O)c1ccccc1C(=O)[O][Sn]([CH2]CCC)([CH2]CCC)[O]C(=O)c1ccccc1C(=O)OCC(CC)CCCC. The summed E-state index contributed by atoms with van der Waals surface area (Å²) < 4.78 is 25.0. The average molecular weight is 788 g/mol. The number of unbranched alkanes of at least 4 members (excludes halogenated alkanes) is 4. The Bertz CT molecular complexity index is 1210. The predicted molar refractivity (Wildman–Crippen MR) is 196 cm³/mol. The quantitative estimate of drug-likeness (QED) is 0.0765. The van der Waals surface area contributed by atoms with E-state index in [2.05, 4.69) is 27.7 Å². The van der Waals surface area contributed by atoms with Gasteiger partial charge in [-0.2, -0.15) is 0 Å². The molecule has 2 aromatic rings. The van der Waals surface area contributed by atoms with E-state index in [0.29, 0.717) is 21.7 Å². The zero-order valence-corrected chi connectivity index (χ0v) is 33.7. The van der Waals surface area contributed by atoms with E-state index in [1.165, 1.54) is 0 Å². The Kier molecular flexibility index (Phi) is 20.3. The standard InChI is InChI=1S/2C16H22O4.2C4H9.Sn/c2*1-3-5-8-12(4-2)11-20-16(19)14-10-7-6-9-13(14)15(17)18;2*1-3-4-2;/h2*6-7,9-10,12H,3-5,8,11H2,1-2H3,(H,17,18);2*1,3-4H2,2H3;/q;;;;+2/p-2. The second-order valence-electron chi connectivity index (χ2n) is 13.0. The van der Waals surface area contributed by atoms with Crippen molar-refractivity contribution in [1.29, 1.82) is 0 Å². The summed E-state index contributed by atoms with van der Waals surface area (Å²) in [5, 5.41) is 0. The van der Waals surface area contributed by atoms with Crippen molar-refractivity contribution in [3.63, 3.8) is 0 Å². The third-order valence-electron chi connectivity index (χ3n) is 9.10. The van der Waals surface area contributed by atoms with Gasteiger partial charge < -0.3 is 0 Å². The van der Waals surface area contributed by atoms with Crippen molar-refractivity contribution in [1.82, 2.24) is 0 Å². The number of carbonyl (C=O) groups excluding carboxylic acids is 4. The zero-order chi connectivity index (χ0) is 36.1. The molecule has 0 saturated carbocycles. The van der Waals surface area contributed by atoms with E-state index in [-0.39, 0.29) is 47.3 Å². The van der Waals surface area contributed by atoms with Gasteiger partial charge in [-0.15, -0.1) is 0 Å². The van der Waals surface area contributed by atoms with Crippen LogP contribution in [0.2, 0.25) is 8.87 Å². The number of ether oxygens (including phenoxy) is 2. The zero-order valence-electron chi connectivity index (χ0n) is 30.9. The molecule has 8 nitrogen and oxygen atoms in total. The first-order chi connectivity index (χ1) is 23.7. The molecule has 0 bridgehead atoms. The summed E-state index contributed by atoms with van der Waals surface area (Å²) in [7, 11) is 0. The summed E-state index contributed by atoms with van der Waals surface area (Å²) >= 11 is -4.56. The fraction of sp³-hybridized carbons (Fsp3) is 0.600. The molecule has 0 N–H and O–H groups in total. The van der Waals surface area contributed by atoms with Gasteiger partial charge in [-0.25, -0.2) is 0 Å². The molecule has 0 radical (unpaired) electrons. The fourth-order valence-corrected chi connectivity index (χ4v) is 15.4. The van der Waals surface area contributed by atoms with Crippen LogP contribution in [0.15, 0.2) is 48.5 Å². The van der Waals surface area contributed by atoms with Gasteiger partial charge in [0.05, 0.1) is 0 Å². The molecular weight excluding hydrogens is 727 g/mol. The Balaban J connectivity index is 2.36. The average Bonchev–Trinajstić information content (AvgIpc) is 3.12. The first-order valence-electron chi connectivity index (χ1n) is 18.7. The van der Waals surface area contributed by atoms with Crippen LogP contribution in [0.25, 0.3) is 0 Å². The van der Waals surface area contributed by atoms with Crippen molar-refractivity contribution < 1.29 is 34.8 Å². The number of esters is 2. The van der Waals surface area contributed by atoms with Crippen LogP contribution in [-0.2, 0) is 15.6 Å². The molecule has 2 unspecified atom stereocenters. The fourth-order valence-electron chi connectivity index (χ4n) is 5.71. The predicted octanol–water partition coefficient (Wildman–Crippen LogP) is 10.5. The van der Waals surface area contributed by atoms with Crippen LogP contribution in [0.3, 0.4) is 0 Å². The normalized spacial score (nSPS) is 12.5. The molecule has 0 aromatic heterocycles. The molecule has 9 heteroatoms. The summed E-state index contributed by atoms with van der Waals surface area (Å²) in [6, 6.07) is 13.0. The van der Waals surface area contributed by atoms with Crippen LogP contribution in [0, 0.1) is 11.8 Å². The first kappa shape index (κ1) is 42.3. The third kappa shape index (κ3) is 14.1. The molecule has 0 heterocycles. The molecule has 0 fully saturated rings. The second-order valence-corrected chi connectivity index (χ2v) is 22.2. The van der Waals surface area contributed by atoms with Crippen molar-refractivity contribution in [2.24, 2.45) is 11.8 Å². The Morgan fingerprint density at radius 1 is 0.510 bits per heavy atom. The van der Waals surface area contributed by atoms with Gasteiger partial charge in [0.15, 0.2) is 0 Å². The van der Waals surface area contributed by atoms with Gasteiger partial charge in [0.1, 0.15) is 0 Å². The number of hydrogen-bond acceptors (Lipinski definition) is 8. The van der Waals surface area contributed by atoms with E-state index in [4.69, 9.17) is 15.6 Å². The Morgan fingerprint density at radius 3 is 1.14 bits per heavy atom. The Labute approximate surface area is 300 Å². The van der Waals surface area contributed by atoms with Gasteiger partial charge in [-0.05, 0) is 0 Å². The van der Waals surface area contributed by atoms with Crippen molar-refractivity contribution in [2.75, 3.05) is 13.2 Å². The second kappa shape index (κ2) is 23.5. The first-order valence-corrected chi connectivity index (χ1v) is 25.0. The van der Waals surface area contributed by atoms with Gasteiger partial charge >= 0.3 is 301 Å². The molecule has 49 heavy (non-hydrogen) atoms. The van der Waals surface area contributed by atoms with Gasteiger partial charge in [0.2, 0.25) is 0 Å². The van der Waals surface area contributed by atoms with Gasteiger partial charge in [-0.1, -0.05) is 0 Å². The van der Waals surface area contributed by atoms with Crippen LogP contribution in [0.5, 0.6) is 0 Å². The summed E-state index contributed by atoms with van der Waals surface area (Å²) in [5.41, 5.74) is 0.453. The molecule has 2 rings (SSSR count). The topological polar surface area (TPSA) is 105 Å². The molecule has 0 saturated heterocycles. The van der Waals surface area contributed by atoms with E-state index in [1.807, 2.05) is 13.8 Å². The van der Waals surface area contributed by atoms with Crippen LogP contribution < -0.4 is 0 Å². The van der Waals surface area contributed by atoms with Crippen molar-refractivity contribution in [2.45, 2.75) is 127 Å². The Hall–Kier alpha value is -2.88. The van der Waals surface area contributed by atoms with E-state index >= 15 is 0 Å². The minimum absolute atomic E-state index is 0.0942. The summed E-state index contributed by atoms with van der Waals surface area (Å²) in [6.07, 6.45) is 11.1. The van der Waals surface area contributed by atoms with Crippen LogP contribution in [0.4, 0.5) is 0 Å². The molecule has 2 aromatic carbocycles. The minimum atomic E-state index is -4.56. The number of benzene rings is 2. The third-order valence-corrected chi connectivity index (χ3v) is 18.6. The molecule has 0 aliphatic heterocycles. The van der Waals surface area contributed by atoms with Crippen LogP contribution in [-0.4, -0.2) is 56.3 Å². The molecule has 2 atom stereocenters. The monoisotopic (exact) mass is 788 g/mol. The van der Waals surface area contributed by atoms with Crippen molar-refractivity contribution in [3.8, 4) is 0 Å². The van der Waals surface area contributed by atoms with Gasteiger partial charge in [0.25, 0.3) is 0 Å². The van der Waals surface area contributed by atoms with Gasteiger partial charge in [0, 0.05) is 0 Å². The van der Waals surface area contributed by atoms with E-state index in [1.54, 1.807) is 48.5 Å². The number of rotatable bonds is 24. The maximum absolute atomic E-state index is 14.0. The van der Waals surface area contributed by atoms with Crippen molar-refractivity contribution >= 4 is 43.1 Å². The number of carbonyl (C=O) groups is 4.